The van der Waals surface area contributed by atoms with Crippen molar-refractivity contribution < 1.29 is 9.59 Å². The van der Waals surface area contributed by atoms with Crippen LogP contribution in [0.4, 0.5) is 0 Å². The Morgan fingerprint density at radius 1 is 1.03 bits per heavy atom. The summed E-state index contributed by atoms with van der Waals surface area (Å²) in [5.74, 6) is 0.443. The number of pyridine rings is 1. The molecule has 3 aliphatic rings. The van der Waals surface area contributed by atoms with Gasteiger partial charge in [0.15, 0.2) is 0 Å². The maximum absolute atomic E-state index is 13.2. The predicted octanol–water partition coefficient (Wildman–Crippen LogP) is 2.87. The van der Waals surface area contributed by atoms with E-state index >= 15 is 0 Å². The second-order valence-corrected chi connectivity index (χ2v) is 8.10. The van der Waals surface area contributed by atoms with E-state index in [0.717, 1.165) is 35.9 Å². The van der Waals surface area contributed by atoms with Crippen molar-refractivity contribution in [3.63, 3.8) is 0 Å². The standard InChI is InChI=1S/C23H24N4O2/c28-22(11-17-12-25-20-6-2-1-5-19(17)20)27-14-16-8-9-18(27)15-26(13-16)23(29)21-7-3-4-10-24-21/h1-7,10,12,16,18,25H,8-9,11,13-15H2. The molecule has 0 radical (unpaired) electrons. The van der Waals surface area contributed by atoms with Crippen LogP contribution in [0.1, 0.15) is 28.9 Å². The lowest BCUT2D eigenvalue weighted by Crippen LogP contribution is -2.48. The Labute approximate surface area is 169 Å². The minimum absolute atomic E-state index is 0.0339. The van der Waals surface area contributed by atoms with Crippen LogP contribution in [0.5, 0.6) is 0 Å². The van der Waals surface area contributed by atoms with Crippen LogP contribution in [-0.2, 0) is 11.2 Å². The quantitative estimate of drug-likeness (QED) is 0.750. The van der Waals surface area contributed by atoms with Gasteiger partial charge in [0.25, 0.3) is 5.91 Å². The molecule has 3 aromatic rings. The molecule has 148 valence electrons. The van der Waals surface area contributed by atoms with Gasteiger partial charge in [0, 0.05) is 49.0 Å². The van der Waals surface area contributed by atoms with Gasteiger partial charge < -0.3 is 14.8 Å². The van der Waals surface area contributed by atoms with E-state index in [2.05, 4.69) is 16.0 Å². The normalized spacial score (nSPS) is 21.4. The highest BCUT2D eigenvalue weighted by atomic mass is 16.2. The maximum atomic E-state index is 13.2. The molecule has 2 aromatic heterocycles. The first-order valence-electron chi connectivity index (χ1n) is 10.2. The van der Waals surface area contributed by atoms with E-state index in [9.17, 15) is 9.59 Å². The average Bonchev–Trinajstić information content (AvgIpc) is 2.94. The minimum Gasteiger partial charge on any atom is -0.361 e. The Hall–Kier alpha value is -3.15. The number of carbonyl (C=O) groups excluding carboxylic acids is 2. The molecule has 3 aliphatic heterocycles. The number of fused-ring (bicyclic) bond motifs is 5. The number of piperidine rings is 1. The number of amides is 2. The Morgan fingerprint density at radius 2 is 1.90 bits per heavy atom. The fourth-order valence-corrected chi connectivity index (χ4v) is 4.75. The molecule has 3 saturated heterocycles. The lowest BCUT2D eigenvalue weighted by molar-refractivity contribution is -0.134. The number of aromatic nitrogens is 2. The van der Waals surface area contributed by atoms with Gasteiger partial charge >= 0.3 is 0 Å². The van der Waals surface area contributed by atoms with Crippen LogP contribution in [0.25, 0.3) is 10.9 Å². The SMILES string of the molecule is O=C(c1ccccn1)N1CC2CCC(C1)N(C(=O)Cc1c[nH]c3ccccc13)C2. The molecule has 2 unspecified atom stereocenters. The molecule has 1 N–H and O–H groups in total. The zero-order valence-corrected chi connectivity index (χ0v) is 16.3. The van der Waals surface area contributed by atoms with Gasteiger partial charge in [0.1, 0.15) is 5.69 Å². The molecule has 29 heavy (non-hydrogen) atoms. The molecule has 2 amide bonds. The van der Waals surface area contributed by atoms with E-state index in [1.54, 1.807) is 12.3 Å². The molecule has 6 nitrogen and oxygen atoms in total. The van der Waals surface area contributed by atoms with Crippen LogP contribution >= 0.6 is 0 Å². The highest BCUT2D eigenvalue weighted by Crippen LogP contribution is 2.30. The van der Waals surface area contributed by atoms with Crippen molar-refractivity contribution in [1.29, 1.82) is 0 Å². The van der Waals surface area contributed by atoms with Crippen LogP contribution in [0.3, 0.4) is 0 Å². The van der Waals surface area contributed by atoms with Crippen LogP contribution in [0.2, 0.25) is 0 Å². The number of aromatic amines is 1. The lowest BCUT2D eigenvalue weighted by Gasteiger charge is -2.36. The first kappa shape index (κ1) is 17.9. The second-order valence-electron chi connectivity index (χ2n) is 8.10. The van der Waals surface area contributed by atoms with Crippen molar-refractivity contribution in [3.8, 4) is 0 Å². The third kappa shape index (κ3) is 3.39. The van der Waals surface area contributed by atoms with E-state index in [0.29, 0.717) is 31.1 Å². The fourth-order valence-electron chi connectivity index (χ4n) is 4.75. The summed E-state index contributed by atoms with van der Waals surface area (Å²) in [5.41, 5.74) is 2.57. The number of hydrogen-bond donors (Lipinski definition) is 1. The van der Waals surface area contributed by atoms with Gasteiger partial charge in [-0.3, -0.25) is 14.6 Å². The van der Waals surface area contributed by atoms with Gasteiger partial charge in [-0.25, -0.2) is 0 Å². The van der Waals surface area contributed by atoms with Crippen molar-refractivity contribution in [2.45, 2.75) is 25.3 Å². The smallest absolute Gasteiger partial charge is 0.272 e. The van der Waals surface area contributed by atoms with E-state index in [-0.39, 0.29) is 17.9 Å². The van der Waals surface area contributed by atoms with E-state index in [1.165, 1.54) is 0 Å². The van der Waals surface area contributed by atoms with E-state index < -0.39 is 0 Å². The molecular weight excluding hydrogens is 364 g/mol. The second kappa shape index (κ2) is 7.35. The molecule has 0 saturated carbocycles. The predicted molar refractivity (Wildman–Crippen MR) is 110 cm³/mol. The number of carbonyl (C=O) groups is 2. The molecule has 0 aliphatic carbocycles. The number of nitrogens with zero attached hydrogens (tertiary/aromatic N) is 3. The molecular formula is C23H24N4O2. The number of H-pyrrole nitrogens is 1. The highest BCUT2D eigenvalue weighted by Gasteiger charge is 2.38. The minimum atomic E-state index is -0.0339. The third-order valence-corrected chi connectivity index (χ3v) is 6.22. The summed E-state index contributed by atoms with van der Waals surface area (Å²) in [6, 6.07) is 13.6. The molecule has 6 rings (SSSR count). The molecule has 5 heterocycles. The van der Waals surface area contributed by atoms with E-state index in [4.69, 9.17) is 0 Å². The lowest BCUT2D eigenvalue weighted by atomic mass is 9.94. The maximum Gasteiger partial charge on any atom is 0.272 e. The first-order valence-corrected chi connectivity index (χ1v) is 10.2. The van der Waals surface area contributed by atoms with Crippen LogP contribution in [0.15, 0.2) is 54.9 Å². The Bertz CT molecular complexity index is 1050. The largest absolute Gasteiger partial charge is 0.361 e. The summed E-state index contributed by atoms with van der Waals surface area (Å²) in [5, 5.41) is 1.10. The monoisotopic (exact) mass is 388 g/mol. The number of benzene rings is 1. The van der Waals surface area contributed by atoms with Crippen molar-refractivity contribution in [1.82, 2.24) is 19.8 Å². The Morgan fingerprint density at radius 3 is 2.76 bits per heavy atom. The number of nitrogens with one attached hydrogen (secondary N) is 1. The zero-order chi connectivity index (χ0) is 19.8. The molecule has 0 spiro atoms. The number of hydrogen-bond acceptors (Lipinski definition) is 3. The van der Waals surface area contributed by atoms with Gasteiger partial charge in [-0.15, -0.1) is 0 Å². The topological polar surface area (TPSA) is 69.3 Å². The Balaban J connectivity index is 1.33. The molecule has 3 fully saturated rings. The number of para-hydroxylation sites is 1. The number of rotatable bonds is 3. The van der Waals surface area contributed by atoms with Gasteiger partial charge in [-0.2, -0.15) is 0 Å². The fraction of sp³-hybridized carbons (Fsp3) is 0.348. The van der Waals surface area contributed by atoms with Crippen LogP contribution < -0.4 is 0 Å². The summed E-state index contributed by atoms with van der Waals surface area (Å²) >= 11 is 0. The molecule has 2 atom stereocenters. The van der Waals surface area contributed by atoms with Crippen molar-refractivity contribution in [3.05, 3.63) is 66.1 Å². The molecule has 2 bridgehead atoms. The summed E-state index contributed by atoms with van der Waals surface area (Å²) in [6.07, 6.45) is 6.00. The molecule has 1 aromatic carbocycles. The molecule has 6 heteroatoms. The van der Waals surface area contributed by atoms with Gasteiger partial charge in [-0.05, 0) is 42.5 Å². The van der Waals surface area contributed by atoms with Crippen LogP contribution in [-0.4, -0.2) is 57.3 Å². The van der Waals surface area contributed by atoms with Gasteiger partial charge in [0.05, 0.1) is 6.42 Å². The van der Waals surface area contributed by atoms with E-state index in [1.807, 2.05) is 46.3 Å². The van der Waals surface area contributed by atoms with Crippen molar-refractivity contribution in [2.24, 2.45) is 5.92 Å². The third-order valence-electron chi connectivity index (χ3n) is 6.22. The first-order chi connectivity index (χ1) is 14.2. The highest BCUT2D eigenvalue weighted by molar-refractivity contribution is 5.92. The zero-order valence-electron chi connectivity index (χ0n) is 16.3. The van der Waals surface area contributed by atoms with Crippen LogP contribution in [0, 0.1) is 5.92 Å². The van der Waals surface area contributed by atoms with Crippen molar-refractivity contribution >= 4 is 22.7 Å². The van der Waals surface area contributed by atoms with Gasteiger partial charge in [0.2, 0.25) is 5.91 Å². The van der Waals surface area contributed by atoms with Gasteiger partial charge in [-0.1, -0.05) is 24.3 Å². The summed E-state index contributed by atoms with van der Waals surface area (Å²) in [4.78, 5) is 37.5. The Kier molecular flexibility index (Phi) is 4.54. The summed E-state index contributed by atoms with van der Waals surface area (Å²) < 4.78 is 0. The summed E-state index contributed by atoms with van der Waals surface area (Å²) in [7, 11) is 0. The summed E-state index contributed by atoms with van der Waals surface area (Å²) in [6.45, 7) is 2.02. The van der Waals surface area contributed by atoms with Crippen molar-refractivity contribution in [2.75, 3.05) is 19.6 Å². The average molecular weight is 388 g/mol.